The lowest BCUT2D eigenvalue weighted by Crippen LogP contribution is -2.17. The summed E-state index contributed by atoms with van der Waals surface area (Å²) in [5.74, 6) is -0.413. The van der Waals surface area contributed by atoms with Crippen LogP contribution < -0.4 is 15.2 Å². The molecule has 1 aromatic carbocycles. The lowest BCUT2D eigenvalue weighted by molar-refractivity contribution is -0.143. The van der Waals surface area contributed by atoms with E-state index in [1.807, 2.05) is 0 Å². The Morgan fingerprint density at radius 3 is 2.60 bits per heavy atom. The first-order valence-corrected chi connectivity index (χ1v) is 6.01. The van der Waals surface area contributed by atoms with Crippen molar-refractivity contribution in [1.82, 2.24) is 0 Å². The Bertz CT molecular complexity index is 454. The van der Waals surface area contributed by atoms with E-state index < -0.39 is 18.6 Å². The summed E-state index contributed by atoms with van der Waals surface area (Å²) in [7, 11) is 1.34. The van der Waals surface area contributed by atoms with Crippen LogP contribution in [0.15, 0.2) is 18.2 Å². The number of halogens is 2. The molecule has 0 aliphatic rings. The van der Waals surface area contributed by atoms with Gasteiger partial charge in [-0.1, -0.05) is 6.07 Å². The van der Waals surface area contributed by atoms with Crippen LogP contribution in [-0.4, -0.2) is 26.3 Å². The lowest BCUT2D eigenvalue weighted by atomic mass is 10.0. The van der Waals surface area contributed by atoms with Crippen molar-refractivity contribution < 1.29 is 27.8 Å². The largest absolute Gasteiger partial charge is 0.493 e. The van der Waals surface area contributed by atoms with Crippen LogP contribution in [0.2, 0.25) is 0 Å². The molecule has 0 bridgehead atoms. The summed E-state index contributed by atoms with van der Waals surface area (Å²) >= 11 is 0. The van der Waals surface area contributed by atoms with Gasteiger partial charge < -0.3 is 19.9 Å². The highest BCUT2D eigenvalue weighted by atomic mass is 19.3. The normalized spacial score (nSPS) is 12.1. The van der Waals surface area contributed by atoms with Crippen LogP contribution in [0.3, 0.4) is 0 Å². The van der Waals surface area contributed by atoms with Crippen molar-refractivity contribution in [3.8, 4) is 11.5 Å². The lowest BCUT2D eigenvalue weighted by Gasteiger charge is -2.15. The molecule has 0 amide bonds. The van der Waals surface area contributed by atoms with Gasteiger partial charge in [-0.15, -0.1) is 0 Å². The Balaban J connectivity index is 2.87. The van der Waals surface area contributed by atoms with Crippen LogP contribution in [0, 0.1) is 0 Å². The van der Waals surface area contributed by atoms with Gasteiger partial charge in [0.2, 0.25) is 0 Å². The molecule has 0 saturated heterocycles. The minimum atomic E-state index is -2.97. The van der Waals surface area contributed by atoms with Gasteiger partial charge in [-0.05, 0) is 24.6 Å². The molecule has 1 rings (SSSR count). The molecule has 7 heteroatoms. The number of ether oxygens (including phenoxy) is 3. The van der Waals surface area contributed by atoms with Gasteiger partial charge in [-0.2, -0.15) is 8.78 Å². The quantitative estimate of drug-likeness (QED) is 0.779. The number of carbonyl (C=O) groups is 1. The fraction of sp³-hybridized carbons (Fsp3) is 0.462. The van der Waals surface area contributed by atoms with Crippen molar-refractivity contribution in [3.63, 3.8) is 0 Å². The second-order valence-corrected chi connectivity index (χ2v) is 3.90. The van der Waals surface area contributed by atoms with E-state index in [2.05, 4.69) is 4.74 Å². The van der Waals surface area contributed by atoms with Crippen molar-refractivity contribution in [2.45, 2.75) is 26.0 Å². The maximum Gasteiger partial charge on any atom is 0.387 e. The third-order valence-corrected chi connectivity index (χ3v) is 2.52. The molecular weight excluding hydrogens is 272 g/mol. The maximum absolute atomic E-state index is 12.3. The second-order valence-electron chi connectivity index (χ2n) is 3.90. The molecule has 112 valence electrons. The number of esters is 1. The summed E-state index contributed by atoms with van der Waals surface area (Å²) in [5.41, 5.74) is 6.31. The Morgan fingerprint density at radius 1 is 1.35 bits per heavy atom. The van der Waals surface area contributed by atoms with Crippen molar-refractivity contribution in [2.75, 3.05) is 13.7 Å². The average Bonchev–Trinajstić information content (AvgIpc) is 2.38. The van der Waals surface area contributed by atoms with Gasteiger partial charge in [-0.3, -0.25) is 4.79 Å². The Morgan fingerprint density at radius 2 is 2.05 bits per heavy atom. The summed E-state index contributed by atoms with van der Waals surface area (Å²) in [5, 5.41) is 0. The summed E-state index contributed by atoms with van der Waals surface area (Å²) in [6.45, 7) is -1.03. The number of benzene rings is 1. The number of nitrogens with two attached hydrogens (primary N) is 1. The van der Waals surface area contributed by atoms with E-state index in [4.69, 9.17) is 15.2 Å². The first kappa shape index (κ1) is 16.2. The van der Waals surface area contributed by atoms with Crippen LogP contribution in [-0.2, 0) is 9.53 Å². The summed E-state index contributed by atoms with van der Waals surface area (Å²) in [4.78, 5) is 11.3. The smallest absolute Gasteiger partial charge is 0.387 e. The standard InChI is InChI=1S/C13H17F2NO4/c1-3-19-12(17)7-9(16)8-4-5-10(18-2)11(6-8)20-13(14)15/h4-6,9,13H,3,7,16H2,1-2H3. The second kappa shape index (κ2) is 7.64. The molecule has 1 unspecified atom stereocenters. The van der Waals surface area contributed by atoms with Gasteiger partial charge in [0.05, 0.1) is 20.1 Å². The molecule has 0 aromatic heterocycles. The first-order chi connectivity index (χ1) is 9.47. The van der Waals surface area contributed by atoms with Gasteiger partial charge >= 0.3 is 12.6 Å². The molecule has 5 nitrogen and oxygen atoms in total. The summed E-state index contributed by atoms with van der Waals surface area (Å²) < 4.78 is 38.6. The van der Waals surface area contributed by atoms with Gasteiger partial charge in [0.25, 0.3) is 0 Å². The number of methoxy groups -OCH3 is 1. The highest BCUT2D eigenvalue weighted by Gasteiger charge is 2.17. The highest BCUT2D eigenvalue weighted by Crippen LogP contribution is 2.31. The zero-order valence-electron chi connectivity index (χ0n) is 11.3. The minimum Gasteiger partial charge on any atom is -0.493 e. The van der Waals surface area contributed by atoms with E-state index in [-0.39, 0.29) is 24.5 Å². The van der Waals surface area contributed by atoms with E-state index in [1.165, 1.54) is 19.2 Å². The Labute approximate surface area is 115 Å². The fourth-order valence-electron chi connectivity index (χ4n) is 1.63. The molecule has 0 radical (unpaired) electrons. The van der Waals surface area contributed by atoms with Crippen LogP contribution in [0.1, 0.15) is 24.9 Å². The van der Waals surface area contributed by atoms with Gasteiger partial charge in [0.1, 0.15) is 0 Å². The topological polar surface area (TPSA) is 70.8 Å². The predicted octanol–water partition coefficient (Wildman–Crippen LogP) is 2.25. The van der Waals surface area contributed by atoms with Gasteiger partial charge in [-0.25, -0.2) is 0 Å². The maximum atomic E-state index is 12.3. The van der Waals surface area contributed by atoms with E-state index in [0.717, 1.165) is 0 Å². The number of carbonyl (C=O) groups excluding carboxylic acids is 1. The summed E-state index contributed by atoms with van der Waals surface area (Å²) in [6.07, 6.45) is -0.0473. The molecule has 0 heterocycles. The van der Waals surface area contributed by atoms with Crippen LogP contribution in [0.25, 0.3) is 0 Å². The molecule has 0 fully saturated rings. The monoisotopic (exact) mass is 289 g/mol. The number of rotatable bonds is 7. The van der Waals surface area contributed by atoms with Crippen molar-refractivity contribution in [2.24, 2.45) is 5.73 Å². The molecule has 0 aliphatic carbocycles. The Kier molecular flexibility index (Phi) is 6.17. The fourth-order valence-corrected chi connectivity index (χ4v) is 1.63. The summed E-state index contributed by atoms with van der Waals surface area (Å²) in [6, 6.07) is 3.70. The van der Waals surface area contributed by atoms with E-state index in [0.29, 0.717) is 5.56 Å². The van der Waals surface area contributed by atoms with Gasteiger partial charge in [0, 0.05) is 6.04 Å². The minimum absolute atomic E-state index is 0.0473. The molecule has 2 N–H and O–H groups in total. The first-order valence-electron chi connectivity index (χ1n) is 6.01. The van der Waals surface area contributed by atoms with E-state index in [9.17, 15) is 13.6 Å². The molecule has 1 aromatic rings. The molecule has 20 heavy (non-hydrogen) atoms. The van der Waals surface area contributed by atoms with E-state index in [1.54, 1.807) is 13.0 Å². The third kappa shape index (κ3) is 4.65. The predicted molar refractivity (Wildman–Crippen MR) is 67.8 cm³/mol. The third-order valence-electron chi connectivity index (χ3n) is 2.52. The number of alkyl halides is 2. The molecule has 0 aliphatic heterocycles. The molecular formula is C13H17F2NO4. The van der Waals surface area contributed by atoms with E-state index >= 15 is 0 Å². The van der Waals surface area contributed by atoms with Crippen LogP contribution >= 0.6 is 0 Å². The number of hydrogen-bond donors (Lipinski definition) is 1. The average molecular weight is 289 g/mol. The highest BCUT2D eigenvalue weighted by molar-refractivity contribution is 5.70. The van der Waals surface area contributed by atoms with Crippen molar-refractivity contribution >= 4 is 5.97 Å². The van der Waals surface area contributed by atoms with Crippen molar-refractivity contribution in [3.05, 3.63) is 23.8 Å². The number of hydrogen-bond acceptors (Lipinski definition) is 5. The molecule has 1 atom stereocenters. The zero-order valence-corrected chi connectivity index (χ0v) is 11.3. The molecule has 0 spiro atoms. The molecule has 0 saturated carbocycles. The van der Waals surface area contributed by atoms with Crippen LogP contribution in [0.4, 0.5) is 8.78 Å². The van der Waals surface area contributed by atoms with Crippen molar-refractivity contribution in [1.29, 1.82) is 0 Å². The van der Waals surface area contributed by atoms with Crippen LogP contribution in [0.5, 0.6) is 11.5 Å². The van der Waals surface area contributed by atoms with Gasteiger partial charge in [0.15, 0.2) is 11.5 Å². The SMILES string of the molecule is CCOC(=O)CC(N)c1ccc(OC)c(OC(F)F)c1. The Hall–Kier alpha value is -1.89. The zero-order chi connectivity index (χ0) is 15.1.